The van der Waals surface area contributed by atoms with Crippen LogP contribution in [0.4, 0.5) is 17.2 Å². The highest BCUT2D eigenvalue weighted by molar-refractivity contribution is 5.74. The molecule has 8 nitrogen and oxygen atoms in total. The van der Waals surface area contributed by atoms with Crippen LogP contribution in [-0.2, 0) is 0 Å². The number of nitrogens with zero attached hydrogens (tertiary/aromatic N) is 3. The van der Waals surface area contributed by atoms with Crippen LogP contribution in [0.25, 0.3) is 0 Å². The summed E-state index contributed by atoms with van der Waals surface area (Å²) in [5, 5.41) is 16.6. The molecule has 0 saturated heterocycles. The summed E-state index contributed by atoms with van der Waals surface area (Å²) in [6.45, 7) is 1.78. The number of anilines is 1. The molecule has 1 N–H and O–H groups in total. The maximum absolute atomic E-state index is 11.1. The zero-order valence-corrected chi connectivity index (χ0v) is 11.6. The Morgan fingerprint density at radius 3 is 2.55 bits per heavy atom. The number of aromatic nitrogens is 1. The number of hydrogen-bond acceptors (Lipinski definition) is 7. The molecule has 8 heteroatoms. The minimum atomic E-state index is -0.700. The van der Waals surface area contributed by atoms with Gasteiger partial charge in [-0.05, 0) is 23.7 Å². The summed E-state index contributed by atoms with van der Waals surface area (Å²) < 4.78 is 0. The summed E-state index contributed by atoms with van der Waals surface area (Å²) in [6, 6.07) is 7.62. The Balaban J connectivity index is 2.31. The molecule has 0 aliphatic rings. The van der Waals surface area contributed by atoms with Crippen molar-refractivity contribution >= 4 is 23.5 Å². The van der Waals surface area contributed by atoms with Crippen molar-refractivity contribution in [2.75, 3.05) is 5.32 Å². The standard InChI is InChI=1S/C14H12N4O4/c1-9(11-4-2-10(8-19)3-5-11)16-14-13(18(21)22)12(17-20)6-7-15-14/h2-9H,1H3,(H,15,16). The van der Waals surface area contributed by atoms with Crippen molar-refractivity contribution in [3.63, 3.8) is 0 Å². The van der Waals surface area contributed by atoms with Crippen molar-refractivity contribution in [2.24, 2.45) is 5.18 Å². The van der Waals surface area contributed by atoms with Crippen LogP contribution in [0, 0.1) is 15.0 Å². The van der Waals surface area contributed by atoms with E-state index in [0.717, 1.165) is 11.8 Å². The Labute approximate surface area is 125 Å². The molecule has 112 valence electrons. The molecule has 1 aromatic heterocycles. The number of carbonyl (C=O) groups excluding carboxylic acids is 1. The number of nitroso groups, excluding NO2 is 1. The predicted octanol–water partition coefficient (Wildman–Crippen LogP) is 3.37. The molecule has 0 spiro atoms. The van der Waals surface area contributed by atoms with Crippen molar-refractivity contribution in [1.82, 2.24) is 4.98 Å². The third-order valence-electron chi connectivity index (χ3n) is 3.11. The predicted molar refractivity (Wildman–Crippen MR) is 80.2 cm³/mol. The smallest absolute Gasteiger partial charge is 0.340 e. The average Bonchev–Trinajstić information content (AvgIpc) is 2.54. The van der Waals surface area contributed by atoms with Gasteiger partial charge < -0.3 is 5.32 Å². The highest BCUT2D eigenvalue weighted by Crippen LogP contribution is 2.34. The van der Waals surface area contributed by atoms with Gasteiger partial charge in [-0.2, -0.15) is 0 Å². The Bertz CT molecular complexity index is 715. The van der Waals surface area contributed by atoms with Gasteiger partial charge in [0.25, 0.3) is 0 Å². The van der Waals surface area contributed by atoms with E-state index in [1.807, 2.05) is 0 Å². The number of nitro groups is 1. The van der Waals surface area contributed by atoms with Crippen LogP contribution >= 0.6 is 0 Å². The molecule has 1 heterocycles. The van der Waals surface area contributed by atoms with Gasteiger partial charge in [-0.15, -0.1) is 4.91 Å². The summed E-state index contributed by atoms with van der Waals surface area (Å²) in [5.41, 5.74) is 0.596. The summed E-state index contributed by atoms with van der Waals surface area (Å²) in [4.78, 5) is 35.6. The topological polar surface area (TPSA) is 115 Å². The van der Waals surface area contributed by atoms with Crippen LogP contribution in [0.15, 0.2) is 41.7 Å². The minimum Gasteiger partial charge on any atom is -0.358 e. The molecular weight excluding hydrogens is 288 g/mol. The largest absolute Gasteiger partial charge is 0.358 e. The zero-order valence-electron chi connectivity index (χ0n) is 11.6. The van der Waals surface area contributed by atoms with Gasteiger partial charge in [-0.3, -0.25) is 14.9 Å². The SMILES string of the molecule is CC(Nc1nccc(N=O)c1[N+](=O)[O-])c1ccc(C=O)cc1. The lowest BCUT2D eigenvalue weighted by Gasteiger charge is -2.15. The molecule has 0 fully saturated rings. The number of carbonyl (C=O) groups is 1. The van der Waals surface area contributed by atoms with Gasteiger partial charge in [0.1, 0.15) is 6.29 Å². The molecule has 0 aliphatic carbocycles. The van der Waals surface area contributed by atoms with E-state index in [-0.39, 0.29) is 17.5 Å². The quantitative estimate of drug-likeness (QED) is 0.378. The van der Waals surface area contributed by atoms with E-state index in [0.29, 0.717) is 5.56 Å². The molecule has 0 saturated carbocycles. The van der Waals surface area contributed by atoms with Crippen LogP contribution < -0.4 is 5.32 Å². The van der Waals surface area contributed by atoms with Gasteiger partial charge in [-0.1, -0.05) is 24.3 Å². The highest BCUT2D eigenvalue weighted by atomic mass is 16.6. The van der Waals surface area contributed by atoms with E-state index in [4.69, 9.17) is 0 Å². The van der Waals surface area contributed by atoms with Crippen molar-refractivity contribution in [1.29, 1.82) is 0 Å². The normalized spacial score (nSPS) is 11.5. The molecule has 2 aromatic rings. The number of aldehydes is 1. The van der Waals surface area contributed by atoms with Crippen molar-refractivity contribution in [3.8, 4) is 0 Å². The van der Waals surface area contributed by atoms with Crippen LogP contribution in [0.2, 0.25) is 0 Å². The van der Waals surface area contributed by atoms with Gasteiger partial charge in [0.2, 0.25) is 5.82 Å². The van der Waals surface area contributed by atoms with Gasteiger partial charge in [-0.25, -0.2) is 4.98 Å². The van der Waals surface area contributed by atoms with Crippen LogP contribution in [-0.4, -0.2) is 16.2 Å². The van der Waals surface area contributed by atoms with Gasteiger partial charge in [0.15, 0.2) is 5.69 Å². The van der Waals surface area contributed by atoms with Gasteiger partial charge in [0, 0.05) is 11.8 Å². The number of rotatable bonds is 6. The maximum atomic E-state index is 11.1. The highest BCUT2D eigenvalue weighted by Gasteiger charge is 2.23. The lowest BCUT2D eigenvalue weighted by molar-refractivity contribution is -0.383. The molecule has 22 heavy (non-hydrogen) atoms. The van der Waals surface area contributed by atoms with E-state index in [1.165, 1.54) is 12.3 Å². The first-order valence-corrected chi connectivity index (χ1v) is 6.35. The van der Waals surface area contributed by atoms with E-state index in [2.05, 4.69) is 15.5 Å². The Morgan fingerprint density at radius 1 is 1.32 bits per heavy atom. The van der Waals surface area contributed by atoms with E-state index in [1.54, 1.807) is 31.2 Å². The first-order chi connectivity index (χ1) is 10.6. The van der Waals surface area contributed by atoms with Crippen LogP contribution in [0.1, 0.15) is 28.9 Å². The first kappa shape index (κ1) is 15.2. The average molecular weight is 300 g/mol. The Morgan fingerprint density at radius 2 is 2.00 bits per heavy atom. The first-order valence-electron chi connectivity index (χ1n) is 6.35. The summed E-state index contributed by atoms with van der Waals surface area (Å²) in [7, 11) is 0. The fourth-order valence-electron chi connectivity index (χ4n) is 1.95. The fourth-order valence-corrected chi connectivity index (χ4v) is 1.95. The molecule has 2 rings (SSSR count). The van der Waals surface area contributed by atoms with Crippen molar-refractivity contribution in [3.05, 3.63) is 62.7 Å². The summed E-state index contributed by atoms with van der Waals surface area (Å²) >= 11 is 0. The maximum Gasteiger partial charge on any atom is 0.340 e. The number of pyridine rings is 1. The molecule has 0 amide bonds. The lowest BCUT2D eigenvalue weighted by atomic mass is 10.1. The van der Waals surface area contributed by atoms with Gasteiger partial charge in [0.05, 0.1) is 11.0 Å². The lowest BCUT2D eigenvalue weighted by Crippen LogP contribution is -2.10. The molecule has 0 bridgehead atoms. The summed E-state index contributed by atoms with van der Waals surface area (Å²) in [5.74, 6) is -0.0333. The summed E-state index contributed by atoms with van der Waals surface area (Å²) in [6.07, 6.45) is 2.00. The Hall–Kier alpha value is -3.16. The minimum absolute atomic E-state index is 0.0333. The molecular formula is C14H12N4O4. The number of nitrogens with one attached hydrogen (secondary N) is 1. The van der Waals surface area contributed by atoms with E-state index in [9.17, 15) is 19.8 Å². The third-order valence-corrected chi connectivity index (χ3v) is 3.11. The molecule has 1 unspecified atom stereocenters. The van der Waals surface area contributed by atoms with Crippen molar-refractivity contribution < 1.29 is 9.72 Å². The third kappa shape index (κ3) is 3.11. The van der Waals surface area contributed by atoms with Gasteiger partial charge >= 0.3 is 5.69 Å². The molecule has 0 aliphatic heterocycles. The molecule has 0 radical (unpaired) electrons. The second-order valence-corrected chi connectivity index (χ2v) is 4.53. The number of hydrogen-bond donors (Lipinski definition) is 1. The van der Waals surface area contributed by atoms with Crippen LogP contribution in [0.5, 0.6) is 0 Å². The Kier molecular flexibility index (Phi) is 4.52. The van der Waals surface area contributed by atoms with E-state index >= 15 is 0 Å². The second kappa shape index (κ2) is 6.53. The fraction of sp³-hybridized carbons (Fsp3) is 0.143. The van der Waals surface area contributed by atoms with E-state index < -0.39 is 10.6 Å². The van der Waals surface area contributed by atoms with Crippen LogP contribution in [0.3, 0.4) is 0 Å². The molecule has 1 atom stereocenters. The second-order valence-electron chi connectivity index (χ2n) is 4.53. The van der Waals surface area contributed by atoms with Crippen molar-refractivity contribution in [2.45, 2.75) is 13.0 Å². The monoisotopic (exact) mass is 300 g/mol. The number of benzene rings is 1. The molecule has 1 aromatic carbocycles. The zero-order chi connectivity index (χ0) is 16.1.